The molecule has 0 saturated heterocycles. The lowest BCUT2D eigenvalue weighted by Gasteiger charge is -2.30. The van der Waals surface area contributed by atoms with Gasteiger partial charge in [-0.05, 0) is 37.6 Å². The fraction of sp³-hybridized carbons (Fsp3) is 0.500. The number of carbonyl (C=O) groups is 2. The Morgan fingerprint density at radius 3 is 2.29 bits per heavy atom. The first-order valence-electron chi connectivity index (χ1n) is 7.05. The fourth-order valence-corrected chi connectivity index (χ4v) is 2.01. The van der Waals surface area contributed by atoms with E-state index in [4.69, 9.17) is 4.74 Å². The van der Waals surface area contributed by atoms with Crippen molar-refractivity contribution in [3.63, 3.8) is 0 Å². The third kappa shape index (κ3) is 4.55. The first kappa shape index (κ1) is 17.1. The Morgan fingerprint density at radius 2 is 1.81 bits per heavy atom. The summed E-state index contributed by atoms with van der Waals surface area (Å²) < 4.78 is 17.7. The minimum atomic E-state index is -0.409. The van der Waals surface area contributed by atoms with Crippen molar-refractivity contribution in [1.29, 1.82) is 0 Å². The Bertz CT molecular complexity index is 487. The highest BCUT2D eigenvalue weighted by Crippen LogP contribution is 2.14. The van der Waals surface area contributed by atoms with E-state index in [0.29, 0.717) is 5.56 Å². The molecular weight excluding hydrogens is 273 g/mol. The van der Waals surface area contributed by atoms with Crippen molar-refractivity contribution in [1.82, 2.24) is 4.90 Å². The summed E-state index contributed by atoms with van der Waals surface area (Å²) in [5, 5.41) is 0. The second-order valence-electron chi connectivity index (χ2n) is 5.15. The zero-order valence-electron chi connectivity index (χ0n) is 12.9. The van der Waals surface area contributed by atoms with E-state index in [2.05, 4.69) is 0 Å². The molecule has 1 aromatic rings. The van der Waals surface area contributed by atoms with Gasteiger partial charge in [-0.15, -0.1) is 0 Å². The van der Waals surface area contributed by atoms with Crippen LogP contribution < -0.4 is 0 Å². The summed E-state index contributed by atoms with van der Waals surface area (Å²) in [5.41, 5.74) is 0.411. The summed E-state index contributed by atoms with van der Waals surface area (Å²) in [6.07, 6.45) is 0.765. The van der Waals surface area contributed by atoms with Gasteiger partial charge in [-0.3, -0.25) is 9.59 Å². The maximum absolute atomic E-state index is 13.0. The smallest absolute Gasteiger partial charge is 0.310 e. The third-order valence-electron chi connectivity index (χ3n) is 3.55. The van der Waals surface area contributed by atoms with E-state index in [1.807, 2.05) is 13.8 Å². The summed E-state index contributed by atoms with van der Waals surface area (Å²) in [6, 6.07) is 5.40. The molecular formula is C16H22FNO3. The quantitative estimate of drug-likeness (QED) is 0.758. The number of methoxy groups -OCH3 is 1. The largest absolute Gasteiger partial charge is 0.469 e. The summed E-state index contributed by atoms with van der Waals surface area (Å²) in [6.45, 7) is 5.89. The lowest BCUT2D eigenvalue weighted by Crippen LogP contribution is -2.42. The van der Waals surface area contributed by atoms with Gasteiger partial charge in [0.25, 0.3) is 5.91 Å². The van der Waals surface area contributed by atoms with Crippen molar-refractivity contribution in [3.8, 4) is 0 Å². The molecule has 0 saturated carbocycles. The van der Waals surface area contributed by atoms with Gasteiger partial charge >= 0.3 is 5.97 Å². The van der Waals surface area contributed by atoms with E-state index in [1.165, 1.54) is 31.4 Å². The highest BCUT2D eigenvalue weighted by Gasteiger charge is 2.25. The van der Waals surface area contributed by atoms with Crippen molar-refractivity contribution in [2.45, 2.75) is 33.2 Å². The second kappa shape index (κ2) is 7.76. The normalized spacial score (nSPS) is 13.4. The molecule has 0 bridgehead atoms. The van der Waals surface area contributed by atoms with Crippen LogP contribution in [0.1, 0.15) is 37.6 Å². The Kier molecular flexibility index (Phi) is 6.34. The summed E-state index contributed by atoms with van der Waals surface area (Å²) >= 11 is 0. The second-order valence-corrected chi connectivity index (χ2v) is 5.15. The van der Waals surface area contributed by atoms with Crippen LogP contribution in [0.15, 0.2) is 24.3 Å². The molecule has 0 aromatic heterocycles. The van der Waals surface area contributed by atoms with Crippen molar-refractivity contribution < 1.29 is 18.7 Å². The zero-order valence-corrected chi connectivity index (χ0v) is 12.9. The Morgan fingerprint density at radius 1 is 1.24 bits per heavy atom. The van der Waals surface area contributed by atoms with E-state index in [9.17, 15) is 14.0 Å². The lowest BCUT2D eigenvalue weighted by molar-refractivity contribution is -0.145. The van der Waals surface area contributed by atoms with Crippen LogP contribution in [0.5, 0.6) is 0 Å². The van der Waals surface area contributed by atoms with Crippen LogP contribution >= 0.6 is 0 Å². The van der Waals surface area contributed by atoms with Crippen LogP contribution in [0.3, 0.4) is 0 Å². The number of rotatable bonds is 6. The minimum Gasteiger partial charge on any atom is -0.469 e. The van der Waals surface area contributed by atoms with Crippen LogP contribution in [0.4, 0.5) is 4.39 Å². The van der Waals surface area contributed by atoms with Crippen LogP contribution in [0, 0.1) is 11.7 Å². The van der Waals surface area contributed by atoms with Crippen LogP contribution in [0.2, 0.25) is 0 Å². The fourth-order valence-electron chi connectivity index (χ4n) is 2.01. The van der Waals surface area contributed by atoms with Crippen LogP contribution in [0.25, 0.3) is 0 Å². The average molecular weight is 295 g/mol. The topological polar surface area (TPSA) is 46.6 Å². The number of amides is 1. The van der Waals surface area contributed by atoms with Crippen molar-refractivity contribution in [2.24, 2.45) is 5.92 Å². The molecule has 0 aliphatic carbocycles. The van der Waals surface area contributed by atoms with Gasteiger partial charge in [0.1, 0.15) is 5.82 Å². The Balaban J connectivity index is 2.94. The number of esters is 1. The van der Waals surface area contributed by atoms with Gasteiger partial charge in [0, 0.05) is 18.2 Å². The Hall–Kier alpha value is -1.91. The van der Waals surface area contributed by atoms with E-state index in [0.717, 1.165) is 6.42 Å². The van der Waals surface area contributed by atoms with Gasteiger partial charge in [0.2, 0.25) is 0 Å². The van der Waals surface area contributed by atoms with Crippen LogP contribution in [-0.4, -0.2) is 36.5 Å². The van der Waals surface area contributed by atoms with Gasteiger partial charge in [0.15, 0.2) is 0 Å². The van der Waals surface area contributed by atoms with Gasteiger partial charge in [0.05, 0.1) is 13.0 Å². The van der Waals surface area contributed by atoms with E-state index in [1.54, 1.807) is 11.8 Å². The van der Waals surface area contributed by atoms with Gasteiger partial charge < -0.3 is 9.64 Å². The van der Waals surface area contributed by atoms with Gasteiger partial charge in [-0.2, -0.15) is 0 Å². The number of hydrogen-bond donors (Lipinski definition) is 0. The van der Waals surface area contributed by atoms with E-state index in [-0.39, 0.29) is 30.3 Å². The van der Waals surface area contributed by atoms with Crippen molar-refractivity contribution in [2.75, 3.05) is 13.7 Å². The molecule has 4 nitrogen and oxygen atoms in total. The highest BCUT2D eigenvalue weighted by molar-refractivity contribution is 5.94. The zero-order chi connectivity index (χ0) is 16.0. The average Bonchev–Trinajstić information content (AvgIpc) is 2.50. The predicted octanol–water partition coefficient (Wildman–Crippen LogP) is 2.88. The molecule has 0 aliphatic rings. The molecule has 0 heterocycles. The standard InChI is InChI=1S/C16H22FNO3/c1-5-12(3)18(10-11(2)16(20)21-4)15(19)13-6-8-14(17)9-7-13/h6-9,11-12H,5,10H2,1-4H3. The Labute approximate surface area is 124 Å². The van der Waals surface area contributed by atoms with Crippen molar-refractivity contribution in [3.05, 3.63) is 35.6 Å². The number of carbonyl (C=O) groups excluding carboxylic acids is 2. The summed E-state index contributed by atoms with van der Waals surface area (Å²) in [4.78, 5) is 25.7. The minimum absolute atomic E-state index is 0.0188. The molecule has 0 aliphatic heterocycles. The number of nitrogens with zero attached hydrogens (tertiary/aromatic N) is 1. The predicted molar refractivity (Wildman–Crippen MR) is 78.4 cm³/mol. The highest BCUT2D eigenvalue weighted by atomic mass is 19.1. The summed E-state index contributed by atoms with van der Waals surface area (Å²) in [7, 11) is 1.33. The number of benzene rings is 1. The molecule has 0 fully saturated rings. The molecule has 0 radical (unpaired) electrons. The summed E-state index contributed by atoms with van der Waals surface area (Å²) in [5.74, 6) is -1.35. The lowest BCUT2D eigenvalue weighted by atomic mass is 10.1. The maximum Gasteiger partial charge on any atom is 0.310 e. The van der Waals surface area contributed by atoms with E-state index < -0.39 is 5.92 Å². The van der Waals surface area contributed by atoms with Crippen molar-refractivity contribution >= 4 is 11.9 Å². The maximum atomic E-state index is 13.0. The molecule has 5 heteroatoms. The molecule has 0 spiro atoms. The molecule has 1 aromatic carbocycles. The number of hydrogen-bond acceptors (Lipinski definition) is 3. The molecule has 2 atom stereocenters. The third-order valence-corrected chi connectivity index (χ3v) is 3.55. The molecule has 1 rings (SSSR count). The molecule has 1 amide bonds. The molecule has 21 heavy (non-hydrogen) atoms. The molecule has 0 N–H and O–H groups in total. The van der Waals surface area contributed by atoms with Gasteiger partial charge in [-0.25, -0.2) is 4.39 Å². The molecule has 116 valence electrons. The number of halogens is 1. The van der Waals surface area contributed by atoms with E-state index >= 15 is 0 Å². The molecule has 2 unspecified atom stereocenters. The first-order chi connectivity index (χ1) is 9.90. The monoisotopic (exact) mass is 295 g/mol. The van der Waals surface area contributed by atoms with Gasteiger partial charge in [-0.1, -0.05) is 13.8 Å². The van der Waals surface area contributed by atoms with Crippen LogP contribution in [-0.2, 0) is 9.53 Å². The first-order valence-corrected chi connectivity index (χ1v) is 7.05. The SMILES string of the molecule is CCC(C)N(CC(C)C(=O)OC)C(=O)c1ccc(F)cc1. The number of ether oxygens (including phenoxy) is 1.